The van der Waals surface area contributed by atoms with Crippen molar-refractivity contribution in [1.82, 2.24) is 10.6 Å². The number of guanidine groups is 1. The van der Waals surface area contributed by atoms with Gasteiger partial charge in [-0.1, -0.05) is 12.1 Å². The molecule has 7 heteroatoms. The molecule has 0 aromatic heterocycles. The van der Waals surface area contributed by atoms with Gasteiger partial charge >= 0.3 is 6.18 Å². The molecule has 3 nitrogen and oxygen atoms in total. The smallest absolute Gasteiger partial charge is 0.354 e. The molecular weight excluding hydrogens is 323 g/mol. The first-order valence-corrected chi connectivity index (χ1v) is 8.87. The minimum Gasteiger partial charge on any atom is -0.354 e. The molecule has 1 aliphatic rings. The van der Waals surface area contributed by atoms with Crippen molar-refractivity contribution in [2.45, 2.75) is 43.3 Å². The maximum absolute atomic E-state index is 12.5. The van der Waals surface area contributed by atoms with Gasteiger partial charge in [0.1, 0.15) is 0 Å². The Balaban J connectivity index is 1.84. The van der Waals surface area contributed by atoms with Crippen molar-refractivity contribution in [3.63, 3.8) is 0 Å². The Kier molecular flexibility index (Phi) is 6.21. The maximum Gasteiger partial charge on any atom is 0.416 e. The van der Waals surface area contributed by atoms with E-state index in [2.05, 4.69) is 21.9 Å². The lowest BCUT2D eigenvalue weighted by Crippen LogP contribution is -2.42. The van der Waals surface area contributed by atoms with Crippen LogP contribution >= 0.6 is 11.8 Å². The summed E-state index contributed by atoms with van der Waals surface area (Å²) in [5.74, 6) is 0.691. The van der Waals surface area contributed by atoms with Crippen LogP contribution in [0.4, 0.5) is 13.2 Å². The van der Waals surface area contributed by atoms with Gasteiger partial charge < -0.3 is 10.6 Å². The Hall–Kier alpha value is -1.37. The number of benzene rings is 1. The predicted octanol–water partition coefficient (Wildman–Crippen LogP) is 3.65. The number of rotatable bonds is 4. The van der Waals surface area contributed by atoms with Gasteiger partial charge in [0.05, 0.1) is 5.56 Å². The van der Waals surface area contributed by atoms with Crippen LogP contribution in [0.5, 0.6) is 0 Å². The van der Waals surface area contributed by atoms with Crippen molar-refractivity contribution in [1.29, 1.82) is 0 Å². The lowest BCUT2D eigenvalue weighted by molar-refractivity contribution is -0.137. The molecule has 1 fully saturated rings. The molecule has 1 saturated carbocycles. The first kappa shape index (κ1) is 18.0. The average molecular weight is 345 g/mol. The zero-order chi connectivity index (χ0) is 16.9. The number of alkyl halides is 3. The van der Waals surface area contributed by atoms with Crippen molar-refractivity contribution < 1.29 is 13.2 Å². The summed E-state index contributed by atoms with van der Waals surface area (Å²) in [4.78, 5) is 4.18. The lowest BCUT2D eigenvalue weighted by atomic mass is 10.1. The predicted molar refractivity (Wildman–Crippen MR) is 89.7 cm³/mol. The van der Waals surface area contributed by atoms with Gasteiger partial charge in [-0.05, 0) is 43.2 Å². The van der Waals surface area contributed by atoms with Gasteiger partial charge in [-0.25, -0.2) is 0 Å². The molecule has 1 aliphatic carbocycles. The van der Waals surface area contributed by atoms with Crippen molar-refractivity contribution in [3.8, 4) is 0 Å². The van der Waals surface area contributed by atoms with E-state index in [1.165, 1.54) is 18.6 Å². The summed E-state index contributed by atoms with van der Waals surface area (Å²) in [6.07, 6.45) is 1.27. The first-order chi connectivity index (χ1) is 10.9. The number of aliphatic imine (C=N–C) groups is 1. The maximum atomic E-state index is 12.5. The average Bonchev–Trinajstić information content (AvgIpc) is 2.98. The van der Waals surface area contributed by atoms with E-state index in [9.17, 15) is 13.2 Å². The second-order valence-corrected chi connectivity index (χ2v) is 6.77. The number of nitrogens with zero attached hydrogens (tertiary/aromatic N) is 1. The summed E-state index contributed by atoms with van der Waals surface area (Å²) < 4.78 is 37.6. The molecule has 0 spiro atoms. The number of nitrogens with one attached hydrogen (secondary N) is 2. The topological polar surface area (TPSA) is 36.4 Å². The molecule has 0 aliphatic heterocycles. The highest BCUT2D eigenvalue weighted by atomic mass is 32.2. The van der Waals surface area contributed by atoms with Crippen LogP contribution in [0.3, 0.4) is 0 Å². The van der Waals surface area contributed by atoms with Gasteiger partial charge in [0.2, 0.25) is 0 Å². The Labute approximate surface area is 139 Å². The SMILES string of the molecule is CN=C(NCc1ccc(C(F)(F)F)cc1)NC1CCC(SC)C1. The third kappa shape index (κ3) is 5.34. The number of hydrogen-bond donors (Lipinski definition) is 2. The third-order valence-corrected chi connectivity index (χ3v) is 5.12. The van der Waals surface area contributed by atoms with Gasteiger partial charge in [-0.3, -0.25) is 4.99 Å². The highest BCUT2D eigenvalue weighted by Gasteiger charge is 2.30. The summed E-state index contributed by atoms with van der Waals surface area (Å²) in [6, 6.07) is 5.59. The van der Waals surface area contributed by atoms with E-state index >= 15 is 0 Å². The van der Waals surface area contributed by atoms with Crippen LogP contribution in [0.2, 0.25) is 0 Å². The van der Waals surface area contributed by atoms with Gasteiger partial charge in [0.25, 0.3) is 0 Å². The van der Waals surface area contributed by atoms with Gasteiger partial charge in [0, 0.05) is 24.9 Å². The molecule has 0 amide bonds. The van der Waals surface area contributed by atoms with Crippen LogP contribution < -0.4 is 10.6 Å². The fourth-order valence-corrected chi connectivity index (χ4v) is 3.47. The van der Waals surface area contributed by atoms with Crippen LogP contribution in [-0.2, 0) is 12.7 Å². The molecule has 2 rings (SSSR count). The van der Waals surface area contributed by atoms with Gasteiger partial charge in [-0.15, -0.1) is 0 Å². The lowest BCUT2D eigenvalue weighted by Gasteiger charge is -2.17. The molecule has 23 heavy (non-hydrogen) atoms. The Bertz CT molecular complexity index is 528. The van der Waals surface area contributed by atoms with Crippen LogP contribution in [0.1, 0.15) is 30.4 Å². The molecule has 1 aromatic rings. The normalized spacial score (nSPS) is 22.2. The fourth-order valence-electron chi connectivity index (χ4n) is 2.67. The summed E-state index contributed by atoms with van der Waals surface area (Å²) >= 11 is 1.89. The van der Waals surface area contributed by atoms with E-state index < -0.39 is 11.7 Å². The zero-order valence-electron chi connectivity index (χ0n) is 13.3. The van der Waals surface area contributed by atoms with Crippen molar-refractivity contribution in [2.24, 2.45) is 4.99 Å². The van der Waals surface area contributed by atoms with E-state index in [4.69, 9.17) is 0 Å². The van der Waals surface area contributed by atoms with Crippen LogP contribution in [-0.4, -0.2) is 30.6 Å². The number of halogens is 3. The van der Waals surface area contributed by atoms with Crippen molar-refractivity contribution >= 4 is 17.7 Å². The van der Waals surface area contributed by atoms with Gasteiger partial charge in [0.15, 0.2) is 5.96 Å². The van der Waals surface area contributed by atoms with E-state index in [0.717, 1.165) is 30.5 Å². The molecule has 0 saturated heterocycles. The molecular formula is C16H22F3N3S. The minimum absolute atomic E-state index is 0.409. The molecule has 2 unspecified atom stereocenters. The largest absolute Gasteiger partial charge is 0.416 e. The standard InChI is InChI=1S/C16H22F3N3S/c1-20-15(22-13-7-8-14(9-13)23-2)21-10-11-3-5-12(6-4-11)16(17,18)19/h3-6,13-14H,7-10H2,1-2H3,(H2,20,21,22). The summed E-state index contributed by atoms with van der Waals surface area (Å²) in [6.45, 7) is 0.441. The molecule has 0 bridgehead atoms. The first-order valence-electron chi connectivity index (χ1n) is 7.58. The third-order valence-electron chi connectivity index (χ3n) is 4.02. The Morgan fingerprint density at radius 1 is 1.26 bits per heavy atom. The Morgan fingerprint density at radius 2 is 1.96 bits per heavy atom. The summed E-state index contributed by atoms with van der Waals surface area (Å²) in [5.41, 5.74) is 0.159. The van der Waals surface area contributed by atoms with Crippen molar-refractivity contribution in [2.75, 3.05) is 13.3 Å². The molecule has 2 N–H and O–H groups in total. The van der Waals surface area contributed by atoms with Gasteiger partial charge in [-0.2, -0.15) is 24.9 Å². The number of hydrogen-bond acceptors (Lipinski definition) is 2. The monoisotopic (exact) mass is 345 g/mol. The second kappa shape index (κ2) is 7.95. The van der Waals surface area contributed by atoms with E-state index in [1.807, 2.05) is 11.8 Å². The van der Waals surface area contributed by atoms with E-state index in [0.29, 0.717) is 23.8 Å². The van der Waals surface area contributed by atoms with Crippen LogP contribution in [0.25, 0.3) is 0 Å². The zero-order valence-corrected chi connectivity index (χ0v) is 14.1. The highest BCUT2D eigenvalue weighted by Crippen LogP contribution is 2.29. The van der Waals surface area contributed by atoms with Crippen LogP contribution in [0.15, 0.2) is 29.3 Å². The molecule has 2 atom stereocenters. The summed E-state index contributed by atoms with van der Waals surface area (Å²) in [5, 5.41) is 7.23. The second-order valence-electron chi connectivity index (χ2n) is 5.63. The van der Waals surface area contributed by atoms with E-state index in [-0.39, 0.29) is 0 Å². The quantitative estimate of drug-likeness (QED) is 0.646. The summed E-state index contributed by atoms with van der Waals surface area (Å²) in [7, 11) is 1.70. The van der Waals surface area contributed by atoms with Crippen molar-refractivity contribution in [3.05, 3.63) is 35.4 Å². The highest BCUT2D eigenvalue weighted by molar-refractivity contribution is 7.99. The molecule has 0 heterocycles. The molecule has 1 aromatic carbocycles. The van der Waals surface area contributed by atoms with Crippen LogP contribution in [0, 0.1) is 0 Å². The minimum atomic E-state index is -4.29. The number of thioether (sulfide) groups is 1. The van der Waals surface area contributed by atoms with E-state index in [1.54, 1.807) is 7.05 Å². The Morgan fingerprint density at radius 3 is 2.48 bits per heavy atom. The molecule has 128 valence electrons. The fraction of sp³-hybridized carbons (Fsp3) is 0.562. The molecule has 0 radical (unpaired) electrons.